The number of benzene rings is 1. The number of nitrogens with two attached hydrogens (primary N) is 1. The summed E-state index contributed by atoms with van der Waals surface area (Å²) in [6.45, 7) is 2.07. The van der Waals surface area contributed by atoms with Gasteiger partial charge in [0.25, 0.3) is 0 Å². The average Bonchev–Trinajstić information content (AvgIpc) is 3.11. The Hall–Kier alpha value is -2.14. The van der Waals surface area contributed by atoms with E-state index in [1.807, 2.05) is 24.4 Å². The van der Waals surface area contributed by atoms with E-state index in [-0.39, 0.29) is 0 Å². The molecular weight excluding hydrogens is 250 g/mol. The van der Waals surface area contributed by atoms with E-state index < -0.39 is 0 Å². The second kappa shape index (κ2) is 4.45. The third-order valence-corrected chi connectivity index (χ3v) is 4.20. The number of anilines is 2. The number of rotatable bonds is 2. The molecule has 102 valence electrons. The lowest BCUT2D eigenvalue weighted by atomic mass is 10.1. The van der Waals surface area contributed by atoms with Gasteiger partial charge in [0.2, 0.25) is 5.95 Å². The van der Waals surface area contributed by atoms with Crippen LogP contribution < -0.4 is 16.0 Å². The van der Waals surface area contributed by atoms with Crippen LogP contribution in [-0.4, -0.2) is 35.1 Å². The summed E-state index contributed by atoms with van der Waals surface area (Å²) in [5.41, 5.74) is 8.91. The molecule has 2 aliphatic heterocycles. The molecule has 0 spiro atoms. The lowest BCUT2D eigenvalue weighted by Crippen LogP contribution is -2.44. The van der Waals surface area contributed by atoms with Crippen LogP contribution in [0, 0.1) is 0 Å². The Bertz CT molecular complexity index is 627. The number of nitrogen functional groups attached to an aromatic ring is 1. The fourth-order valence-corrected chi connectivity index (χ4v) is 3.26. The Labute approximate surface area is 117 Å². The SMILES string of the molecule is Nc1ncc(N2CC3CC2CN3)c(-c2ccccc2)n1. The van der Waals surface area contributed by atoms with Crippen molar-refractivity contribution in [1.29, 1.82) is 0 Å². The summed E-state index contributed by atoms with van der Waals surface area (Å²) in [7, 11) is 0. The number of fused-ring (bicyclic) bond motifs is 2. The molecule has 20 heavy (non-hydrogen) atoms. The molecule has 2 bridgehead atoms. The van der Waals surface area contributed by atoms with Gasteiger partial charge in [-0.05, 0) is 6.42 Å². The van der Waals surface area contributed by atoms with Gasteiger partial charge >= 0.3 is 0 Å². The first kappa shape index (κ1) is 11.7. The topological polar surface area (TPSA) is 67.1 Å². The van der Waals surface area contributed by atoms with Crippen LogP contribution in [0.2, 0.25) is 0 Å². The van der Waals surface area contributed by atoms with Crippen molar-refractivity contribution < 1.29 is 0 Å². The van der Waals surface area contributed by atoms with Crippen LogP contribution >= 0.6 is 0 Å². The van der Waals surface area contributed by atoms with Crippen LogP contribution in [0.15, 0.2) is 36.5 Å². The molecule has 0 amide bonds. The Kier molecular flexibility index (Phi) is 2.60. The van der Waals surface area contributed by atoms with Crippen molar-refractivity contribution in [2.75, 3.05) is 23.7 Å². The maximum absolute atomic E-state index is 5.79. The lowest BCUT2D eigenvalue weighted by Gasteiger charge is -2.30. The van der Waals surface area contributed by atoms with Crippen molar-refractivity contribution >= 4 is 11.6 Å². The van der Waals surface area contributed by atoms with Crippen LogP contribution in [-0.2, 0) is 0 Å². The molecule has 2 atom stereocenters. The molecule has 2 saturated heterocycles. The fraction of sp³-hybridized carbons (Fsp3) is 0.333. The van der Waals surface area contributed by atoms with Gasteiger partial charge in [0.15, 0.2) is 0 Å². The maximum atomic E-state index is 5.79. The molecule has 3 heterocycles. The standard InChI is InChI=1S/C15H17N5/c16-15-18-8-13(20-9-11-6-12(20)7-17-11)14(19-15)10-4-2-1-3-5-10/h1-5,8,11-12,17H,6-7,9H2,(H2,16,18,19). The van der Waals surface area contributed by atoms with E-state index in [2.05, 4.69) is 32.3 Å². The van der Waals surface area contributed by atoms with Gasteiger partial charge in [-0.15, -0.1) is 0 Å². The van der Waals surface area contributed by atoms with Crippen molar-refractivity contribution in [1.82, 2.24) is 15.3 Å². The Balaban J connectivity index is 1.80. The van der Waals surface area contributed by atoms with Crippen molar-refractivity contribution in [3.8, 4) is 11.3 Å². The summed E-state index contributed by atoms with van der Waals surface area (Å²) < 4.78 is 0. The summed E-state index contributed by atoms with van der Waals surface area (Å²) in [6.07, 6.45) is 3.07. The van der Waals surface area contributed by atoms with E-state index >= 15 is 0 Å². The van der Waals surface area contributed by atoms with E-state index in [1.165, 1.54) is 6.42 Å². The van der Waals surface area contributed by atoms with Gasteiger partial charge in [-0.1, -0.05) is 30.3 Å². The number of hydrogen-bond donors (Lipinski definition) is 2. The minimum absolute atomic E-state index is 0.329. The first-order valence-corrected chi connectivity index (χ1v) is 6.99. The lowest BCUT2D eigenvalue weighted by molar-refractivity contribution is 0.579. The van der Waals surface area contributed by atoms with Gasteiger partial charge in [-0.2, -0.15) is 0 Å². The Morgan fingerprint density at radius 1 is 1.25 bits per heavy atom. The first-order chi connectivity index (χ1) is 9.81. The van der Waals surface area contributed by atoms with E-state index in [0.29, 0.717) is 18.0 Å². The minimum atomic E-state index is 0.329. The number of piperazine rings is 1. The van der Waals surface area contributed by atoms with Gasteiger partial charge in [0.1, 0.15) is 0 Å². The molecule has 1 aromatic heterocycles. The zero-order valence-corrected chi connectivity index (χ0v) is 11.2. The van der Waals surface area contributed by atoms with Gasteiger partial charge in [-0.3, -0.25) is 0 Å². The number of aromatic nitrogens is 2. The smallest absolute Gasteiger partial charge is 0.220 e. The zero-order chi connectivity index (χ0) is 13.5. The number of nitrogens with zero attached hydrogens (tertiary/aromatic N) is 3. The largest absolute Gasteiger partial charge is 0.368 e. The van der Waals surface area contributed by atoms with Crippen LogP contribution in [0.4, 0.5) is 11.6 Å². The highest BCUT2D eigenvalue weighted by molar-refractivity contribution is 5.76. The van der Waals surface area contributed by atoms with E-state index in [1.54, 1.807) is 0 Å². The van der Waals surface area contributed by atoms with Gasteiger partial charge in [0, 0.05) is 30.7 Å². The van der Waals surface area contributed by atoms with Crippen LogP contribution in [0.3, 0.4) is 0 Å². The predicted molar refractivity (Wildman–Crippen MR) is 79.4 cm³/mol. The summed E-state index contributed by atoms with van der Waals surface area (Å²) in [6, 6.07) is 11.3. The summed E-state index contributed by atoms with van der Waals surface area (Å²) >= 11 is 0. The van der Waals surface area contributed by atoms with Crippen LogP contribution in [0.5, 0.6) is 0 Å². The highest BCUT2D eigenvalue weighted by atomic mass is 15.3. The van der Waals surface area contributed by atoms with Crippen molar-refractivity contribution in [3.63, 3.8) is 0 Å². The normalized spacial score (nSPS) is 24.3. The molecule has 3 N–H and O–H groups in total. The molecule has 0 saturated carbocycles. The van der Waals surface area contributed by atoms with E-state index in [4.69, 9.17) is 5.73 Å². The highest BCUT2D eigenvalue weighted by Gasteiger charge is 2.38. The molecular formula is C15H17N5. The molecule has 0 aliphatic carbocycles. The third-order valence-electron chi connectivity index (χ3n) is 4.20. The Morgan fingerprint density at radius 2 is 2.10 bits per heavy atom. The quantitative estimate of drug-likeness (QED) is 0.858. The fourth-order valence-electron chi connectivity index (χ4n) is 3.26. The molecule has 5 heteroatoms. The highest BCUT2D eigenvalue weighted by Crippen LogP contribution is 2.35. The monoisotopic (exact) mass is 267 g/mol. The molecule has 2 aliphatic rings. The van der Waals surface area contributed by atoms with Crippen molar-refractivity contribution in [3.05, 3.63) is 36.5 Å². The molecule has 2 aromatic rings. The summed E-state index contributed by atoms with van der Waals surface area (Å²) in [4.78, 5) is 11.1. The third kappa shape index (κ3) is 1.82. The molecule has 2 unspecified atom stereocenters. The summed E-state index contributed by atoms with van der Waals surface area (Å²) in [5, 5.41) is 3.52. The molecule has 1 aromatic carbocycles. The van der Waals surface area contributed by atoms with Crippen LogP contribution in [0.25, 0.3) is 11.3 Å². The van der Waals surface area contributed by atoms with E-state index in [9.17, 15) is 0 Å². The molecule has 5 nitrogen and oxygen atoms in total. The first-order valence-electron chi connectivity index (χ1n) is 6.99. The average molecular weight is 267 g/mol. The molecule has 0 radical (unpaired) electrons. The number of nitrogens with one attached hydrogen (secondary N) is 1. The Morgan fingerprint density at radius 3 is 2.80 bits per heavy atom. The van der Waals surface area contributed by atoms with E-state index in [0.717, 1.165) is 30.0 Å². The predicted octanol–water partition coefficient (Wildman–Crippen LogP) is 1.28. The molecule has 4 rings (SSSR count). The maximum Gasteiger partial charge on any atom is 0.220 e. The van der Waals surface area contributed by atoms with Crippen molar-refractivity contribution in [2.24, 2.45) is 0 Å². The van der Waals surface area contributed by atoms with Crippen LogP contribution in [0.1, 0.15) is 6.42 Å². The minimum Gasteiger partial charge on any atom is -0.368 e. The zero-order valence-electron chi connectivity index (χ0n) is 11.2. The van der Waals surface area contributed by atoms with Gasteiger partial charge in [-0.25, -0.2) is 9.97 Å². The van der Waals surface area contributed by atoms with Gasteiger partial charge in [0.05, 0.1) is 17.6 Å². The second-order valence-corrected chi connectivity index (χ2v) is 5.48. The summed E-state index contributed by atoms with van der Waals surface area (Å²) in [5.74, 6) is 0.329. The molecule has 2 fully saturated rings. The number of hydrogen-bond acceptors (Lipinski definition) is 5. The second-order valence-electron chi connectivity index (χ2n) is 5.48. The van der Waals surface area contributed by atoms with Crippen molar-refractivity contribution in [2.45, 2.75) is 18.5 Å². The van der Waals surface area contributed by atoms with Gasteiger partial charge < -0.3 is 16.0 Å².